The minimum absolute atomic E-state index is 0.178. The summed E-state index contributed by atoms with van der Waals surface area (Å²) in [7, 11) is 2.98. The predicted octanol–water partition coefficient (Wildman–Crippen LogP) is 1.54. The summed E-state index contributed by atoms with van der Waals surface area (Å²) in [6, 6.07) is 9.98. The fourth-order valence-electron chi connectivity index (χ4n) is 3.69. The smallest absolute Gasteiger partial charge is 0.335 e. The predicted molar refractivity (Wildman–Crippen MR) is 107 cm³/mol. The maximum absolute atomic E-state index is 11.3. The van der Waals surface area contributed by atoms with Gasteiger partial charge in [-0.15, -0.1) is 0 Å². The first kappa shape index (κ1) is 22.0. The molecular formula is C22H26O8. The van der Waals surface area contributed by atoms with E-state index in [9.17, 15) is 25.2 Å². The van der Waals surface area contributed by atoms with Gasteiger partial charge in [-0.1, -0.05) is 12.1 Å². The Balaban J connectivity index is 2.03. The van der Waals surface area contributed by atoms with Crippen molar-refractivity contribution in [3.05, 3.63) is 58.7 Å². The highest BCUT2D eigenvalue weighted by Gasteiger charge is 2.43. The molecule has 4 N–H and O–H groups in total. The monoisotopic (exact) mass is 418 g/mol. The normalized spacial score (nSPS) is 26.3. The van der Waals surface area contributed by atoms with E-state index >= 15 is 0 Å². The van der Waals surface area contributed by atoms with Crippen molar-refractivity contribution >= 4 is 5.97 Å². The summed E-state index contributed by atoms with van der Waals surface area (Å²) in [5.74, 6) is -0.0931. The van der Waals surface area contributed by atoms with Gasteiger partial charge in [0.05, 0.1) is 25.9 Å². The lowest BCUT2D eigenvalue weighted by molar-refractivity contribution is -0.219. The van der Waals surface area contributed by atoms with E-state index in [4.69, 9.17) is 14.2 Å². The summed E-state index contributed by atoms with van der Waals surface area (Å²) in [5, 5.41) is 39.9. The summed E-state index contributed by atoms with van der Waals surface area (Å²) >= 11 is 0. The first-order valence-corrected chi connectivity index (χ1v) is 9.53. The molecule has 1 fully saturated rings. The van der Waals surface area contributed by atoms with E-state index < -0.39 is 36.5 Å². The first-order chi connectivity index (χ1) is 14.3. The van der Waals surface area contributed by atoms with Crippen LogP contribution in [0.5, 0.6) is 11.5 Å². The number of methoxy groups -OCH3 is 2. The highest BCUT2D eigenvalue weighted by molar-refractivity contribution is 5.87. The zero-order valence-electron chi connectivity index (χ0n) is 17.0. The number of benzene rings is 2. The third-order valence-corrected chi connectivity index (χ3v) is 5.36. The molecule has 8 nitrogen and oxygen atoms in total. The minimum atomic E-state index is -1.37. The van der Waals surface area contributed by atoms with Crippen LogP contribution in [0.15, 0.2) is 36.4 Å². The molecular weight excluding hydrogens is 392 g/mol. The van der Waals surface area contributed by atoms with Gasteiger partial charge in [0, 0.05) is 18.1 Å². The number of aliphatic hydroxyl groups is 3. The van der Waals surface area contributed by atoms with E-state index in [-0.39, 0.29) is 5.56 Å². The molecule has 2 aromatic rings. The lowest BCUT2D eigenvalue weighted by Crippen LogP contribution is -2.53. The topological polar surface area (TPSA) is 126 Å². The fourth-order valence-corrected chi connectivity index (χ4v) is 3.69. The maximum Gasteiger partial charge on any atom is 0.335 e. The second kappa shape index (κ2) is 9.01. The van der Waals surface area contributed by atoms with Crippen molar-refractivity contribution in [2.45, 2.75) is 43.9 Å². The zero-order chi connectivity index (χ0) is 22.0. The molecule has 0 spiro atoms. The first-order valence-electron chi connectivity index (χ1n) is 9.53. The number of carbonyl (C=O) groups is 1. The molecule has 0 unspecified atom stereocenters. The number of ether oxygens (including phenoxy) is 3. The van der Waals surface area contributed by atoms with Gasteiger partial charge < -0.3 is 34.6 Å². The lowest BCUT2D eigenvalue weighted by atomic mass is 9.89. The van der Waals surface area contributed by atoms with Crippen molar-refractivity contribution in [1.29, 1.82) is 0 Å². The number of rotatable bonds is 6. The molecule has 0 bridgehead atoms. The molecule has 0 aromatic heterocycles. The summed E-state index contributed by atoms with van der Waals surface area (Å²) in [6.07, 6.45) is -5.20. The third kappa shape index (κ3) is 4.27. The van der Waals surface area contributed by atoms with E-state index in [2.05, 4.69) is 0 Å². The number of carboxylic acids is 1. The van der Waals surface area contributed by atoms with E-state index in [1.54, 1.807) is 31.2 Å². The van der Waals surface area contributed by atoms with Crippen LogP contribution in [0, 0.1) is 0 Å². The Morgan fingerprint density at radius 3 is 2.33 bits per heavy atom. The molecule has 2 aromatic carbocycles. The molecule has 0 amide bonds. The van der Waals surface area contributed by atoms with Crippen molar-refractivity contribution in [3.63, 3.8) is 0 Å². The van der Waals surface area contributed by atoms with Crippen LogP contribution in [0.3, 0.4) is 0 Å². The molecule has 0 aliphatic carbocycles. The zero-order valence-corrected chi connectivity index (χ0v) is 17.0. The highest BCUT2D eigenvalue weighted by atomic mass is 16.5. The molecule has 0 saturated carbocycles. The summed E-state index contributed by atoms with van der Waals surface area (Å²) in [5.41, 5.74) is 2.16. The molecule has 1 aliphatic rings. The van der Waals surface area contributed by atoms with Crippen LogP contribution in [-0.4, -0.2) is 65.0 Å². The van der Waals surface area contributed by atoms with Gasteiger partial charge in [-0.3, -0.25) is 0 Å². The van der Waals surface area contributed by atoms with E-state index in [1.165, 1.54) is 20.3 Å². The molecule has 30 heavy (non-hydrogen) atoms. The van der Waals surface area contributed by atoms with Gasteiger partial charge >= 0.3 is 5.97 Å². The summed E-state index contributed by atoms with van der Waals surface area (Å²) in [6.45, 7) is 1.61. The number of aliphatic hydroxyl groups excluding tert-OH is 3. The average Bonchev–Trinajstić information content (AvgIpc) is 2.74. The SMILES string of the molecule is COc1cc(OC)c([C@H]2O[C@@H](C)[C@@H](O)[C@@H](O)[C@@H]2O)cc1Cc1cccc(C(=O)O)c1. The second-order valence-corrected chi connectivity index (χ2v) is 7.32. The van der Waals surface area contributed by atoms with Crippen molar-refractivity contribution in [1.82, 2.24) is 0 Å². The van der Waals surface area contributed by atoms with Gasteiger partial charge in [0.15, 0.2) is 0 Å². The Hall–Kier alpha value is -2.65. The molecule has 5 atom stereocenters. The molecule has 162 valence electrons. The van der Waals surface area contributed by atoms with Gasteiger partial charge in [-0.2, -0.15) is 0 Å². The molecule has 1 heterocycles. The van der Waals surface area contributed by atoms with Gasteiger partial charge in [0.1, 0.15) is 35.9 Å². The number of aromatic carboxylic acids is 1. The summed E-state index contributed by atoms with van der Waals surface area (Å²) in [4.78, 5) is 11.3. The van der Waals surface area contributed by atoms with Crippen LogP contribution < -0.4 is 9.47 Å². The van der Waals surface area contributed by atoms with Crippen LogP contribution in [-0.2, 0) is 11.2 Å². The highest BCUT2D eigenvalue weighted by Crippen LogP contribution is 2.40. The second-order valence-electron chi connectivity index (χ2n) is 7.32. The van der Waals surface area contributed by atoms with Crippen molar-refractivity contribution in [2.24, 2.45) is 0 Å². The summed E-state index contributed by atoms with van der Waals surface area (Å²) < 4.78 is 16.7. The van der Waals surface area contributed by atoms with Crippen LogP contribution in [0.2, 0.25) is 0 Å². The Kier molecular flexibility index (Phi) is 6.62. The van der Waals surface area contributed by atoms with E-state index in [1.807, 2.05) is 6.07 Å². The standard InChI is InChI=1S/C22H26O8/c1-11-18(23)19(24)20(25)21(30-11)15-9-14(16(28-2)10-17(15)29-3)8-12-5-4-6-13(7-12)22(26)27/h4-7,9-11,18-21,23-25H,8H2,1-3H3,(H,26,27)/t11-,18+,19+,20-,21+/m0/s1. The molecule has 3 rings (SSSR count). The molecule has 1 saturated heterocycles. The van der Waals surface area contributed by atoms with Crippen LogP contribution >= 0.6 is 0 Å². The average molecular weight is 418 g/mol. The Labute approximate surface area is 174 Å². The Morgan fingerprint density at radius 2 is 1.70 bits per heavy atom. The van der Waals surface area contributed by atoms with Crippen molar-refractivity contribution < 1.29 is 39.4 Å². The minimum Gasteiger partial charge on any atom is -0.496 e. The maximum atomic E-state index is 11.3. The Morgan fingerprint density at radius 1 is 1.00 bits per heavy atom. The molecule has 0 radical (unpaired) electrons. The lowest BCUT2D eigenvalue weighted by Gasteiger charge is -2.40. The van der Waals surface area contributed by atoms with Crippen LogP contribution in [0.25, 0.3) is 0 Å². The molecule has 8 heteroatoms. The largest absolute Gasteiger partial charge is 0.496 e. The Bertz CT molecular complexity index is 912. The van der Waals surface area contributed by atoms with Crippen molar-refractivity contribution in [2.75, 3.05) is 14.2 Å². The number of hydrogen-bond donors (Lipinski definition) is 4. The van der Waals surface area contributed by atoms with Gasteiger partial charge in [-0.25, -0.2) is 4.79 Å². The number of hydrogen-bond acceptors (Lipinski definition) is 7. The third-order valence-electron chi connectivity index (χ3n) is 5.36. The van der Waals surface area contributed by atoms with Gasteiger partial charge in [0.2, 0.25) is 0 Å². The number of carboxylic acid groups (broad SMARTS) is 1. The van der Waals surface area contributed by atoms with Gasteiger partial charge in [0.25, 0.3) is 0 Å². The quantitative estimate of drug-likeness (QED) is 0.557. The van der Waals surface area contributed by atoms with Crippen molar-refractivity contribution in [3.8, 4) is 11.5 Å². The van der Waals surface area contributed by atoms with E-state index in [0.29, 0.717) is 23.5 Å². The van der Waals surface area contributed by atoms with E-state index in [0.717, 1.165) is 11.1 Å². The van der Waals surface area contributed by atoms with Crippen LogP contribution in [0.4, 0.5) is 0 Å². The molecule has 1 aliphatic heterocycles. The fraction of sp³-hybridized carbons (Fsp3) is 0.409. The van der Waals surface area contributed by atoms with Crippen LogP contribution in [0.1, 0.15) is 40.1 Å². The van der Waals surface area contributed by atoms with Gasteiger partial charge in [-0.05, 0) is 36.2 Å².